The van der Waals surface area contributed by atoms with Gasteiger partial charge in [0.1, 0.15) is 0 Å². The number of H-pyrrole nitrogens is 1. The molecule has 3 heteroatoms. The number of rotatable bonds is 2. The molecule has 17 heavy (non-hydrogen) atoms. The fourth-order valence-corrected chi connectivity index (χ4v) is 1.64. The van der Waals surface area contributed by atoms with E-state index >= 15 is 0 Å². The van der Waals surface area contributed by atoms with Crippen LogP contribution >= 0.6 is 0 Å². The summed E-state index contributed by atoms with van der Waals surface area (Å²) < 4.78 is 0. The van der Waals surface area contributed by atoms with Crippen LogP contribution in [0.5, 0.6) is 0 Å². The Balaban J connectivity index is 2.13. The Morgan fingerprint density at radius 1 is 1.29 bits per heavy atom. The molecule has 0 saturated heterocycles. The van der Waals surface area contributed by atoms with E-state index in [4.69, 9.17) is 0 Å². The lowest BCUT2D eigenvalue weighted by Gasteiger charge is -2.18. The smallest absolute Gasteiger partial charge is 0.251 e. The lowest BCUT2D eigenvalue weighted by atomic mass is 9.97. The summed E-state index contributed by atoms with van der Waals surface area (Å²) in [5, 5.41) is 4.07. The molecule has 1 amide bonds. The highest BCUT2D eigenvalue weighted by Crippen LogP contribution is 2.15. The first-order valence-electron chi connectivity index (χ1n) is 5.81. The van der Waals surface area contributed by atoms with Gasteiger partial charge in [0.25, 0.3) is 5.91 Å². The number of benzene rings is 1. The van der Waals surface area contributed by atoms with Crippen molar-refractivity contribution in [3.05, 3.63) is 36.0 Å². The molecule has 0 aliphatic carbocycles. The van der Waals surface area contributed by atoms with Gasteiger partial charge in [-0.25, -0.2) is 0 Å². The maximum atomic E-state index is 11.9. The second-order valence-corrected chi connectivity index (χ2v) is 5.52. The van der Waals surface area contributed by atoms with Gasteiger partial charge in [-0.05, 0) is 29.0 Å². The minimum absolute atomic E-state index is 0.0172. The van der Waals surface area contributed by atoms with Gasteiger partial charge in [0, 0.05) is 23.8 Å². The maximum absolute atomic E-state index is 11.9. The van der Waals surface area contributed by atoms with Gasteiger partial charge in [0.05, 0.1) is 0 Å². The predicted molar refractivity (Wildman–Crippen MR) is 70.1 cm³/mol. The summed E-state index contributed by atoms with van der Waals surface area (Å²) in [5.74, 6) is -0.0172. The zero-order chi connectivity index (χ0) is 12.5. The Bertz CT molecular complexity index is 534. The third-order valence-corrected chi connectivity index (χ3v) is 2.60. The van der Waals surface area contributed by atoms with Gasteiger partial charge in [-0.3, -0.25) is 4.79 Å². The molecule has 90 valence electrons. The van der Waals surface area contributed by atoms with E-state index in [1.165, 1.54) is 0 Å². The van der Waals surface area contributed by atoms with Crippen LogP contribution in [0.1, 0.15) is 31.1 Å². The van der Waals surface area contributed by atoms with Crippen molar-refractivity contribution >= 4 is 16.8 Å². The molecule has 2 N–H and O–H groups in total. The zero-order valence-corrected chi connectivity index (χ0v) is 10.5. The molecule has 0 unspecified atom stereocenters. The summed E-state index contributed by atoms with van der Waals surface area (Å²) in [7, 11) is 0. The molecule has 0 aliphatic rings. The van der Waals surface area contributed by atoms with Gasteiger partial charge >= 0.3 is 0 Å². The molecule has 2 rings (SSSR count). The van der Waals surface area contributed by atoms with Crippen LogP contribution in [-0.4, -0.2) is 17.4 Å². The largest absolute Gasteiger partial charge is 0.361 e. The average molecular weight is 230 g/mol. The quantitative estimate of drug-likeness (QED) is 0.818. The Morgan fingerprint density at radius 2 is 2.06 bits per heavy atom. The lowest BCUT2D eigenvalue weighted by Crippen LogP contribution is -2.32. The number of hydrogen-bond donors (Lipinski definition) is 2. The number of hydrogen-bond acceptors (Lipinski definition) is 1. The van der Waals surface area contributed by atoms with Crippen molar-refractivity contribution in [2.45, 2.75) is 20.8 Å². The number of amides is 1. The van der Waals surface area contributed by atoms with Crippen molar-refractivity contribution in [2.24, 2.45) is 5.41 Å². The van der Waals surface area contributed by atoms with Gasteiger partial charge in [-0.1, -0.05) is 26.8 Å². The lowest BCUT2D eigenvalue weighted by molar-refractivity contribution is 0.0939. The Kier molecular flexibility index (Phi) is 2.92. The normalized spacial score (nSPS) is 11.7. The molecule has 0 radical (unpaired) electrons. The van der Waals surface area contributed by atoms with Gasteiger partial charge < -0.3 is 10.3 Å². The SMILES string of the molecule is CC(C)(C)CNC(=O)c1ccc2cc[nH]c2c1. The number of carbonyl (C=O) groups excluding carboxylic acids is 1. The van der Waals surface area contributed by atoms with Crippen molar-refractivity contribution in [2.75, 3.05) is 6.54 Å². The summed E-state index contributed by atoms with van der Waals surface area (Å²) in [6.07, 6.45) is 1.88. The van der Waals surface area contributed by atoms with E-state index in [2.05, 4.69) is 31.1 Å². The number of fused-ring (bicyclic) bond motifs is 1. The second kappa shape index (κ2) is 4.24. The summed E-state index contributed by atoms with van der Waals surface area (Å²) in [6.45, 7) is 6.97. The van der Waals surface area contributed by atoms with E-state index in [1.807, 2.05) is 30.5 Å². The van der Waals surface area contributed by atoms with E-state index in [9.17, 15) is 4.79 Å². The van der Waals surface area contributed by atoms with Crippen LogP contribution in [0.2, 0.25) is 0 Å². The van der Waals surface area contributed by atoms with Crippen LogP contribution in [0.4, 0.5) is 0 Å². The molecule has 3 nitrogen and oxygen atoms in total. The number of aromatic amines is 1. The van der Waals surface area contributed by atoms with Crippen LogP contribution in [0, 0.1) is 5.41 Å². The molecule has 0 bridgehead atoms. The van der Waals surface area contributed by atoms with Crippen molar-refractivity contribution in [3.63, 3.8) is 0 Å². The van der Waals surface area contributed by atoms with E-state index < -0.39 is 0 Å². The van der Waals surface area contributed by atoms with Gasteiger partial charge in [-0.2, -0.15) is 0 Å². The van der Waals surface area contributed by atoms with Crippen LogP contribution in [0.15, 0.2) is 30.5 Å². The highest BCUT2D eigenvalue weighted by atomic mass is 16.1. The van der Waals surface area contributed by atoms with Crippen molar-refractivity contribution in [3.8, 4) is 0 Å². The van der Waals surface area contributed by atoms with E-state index in [-0.39, 0.29) is 11.3 Å². The molecule has 0 spiro atoms. The third kappa shape index (κ3) is 2.87. The molecule has 0 fully saturated rings. The van der Waals surface area contributed by atoms with Crippen LogP contribution < -0.4 is 5.32 Å². The fraction of sp³-hybridized carbons (Fsp3) is 0.357. The first kappa shape index (κ1) is 11.7. The topological polar surface area (TPSA) is 44.9 Å². The fourth-order valence-electron chi connectivity index (χ4n) is 1.64. The summed E-state index contributed by atoms with van der Waals surface area (Å²) >= 11 is 0. The standard InChI is InChI=1S/C14H18N2O/c1-14(2,3)9-16-13(17)11-5-4-10-6-7-15-12(10)8-11/h4-8,15H,9H2,1-3H3,(H,16,17). The molecule has 0 aliphatic heterocycles. The highest BCUT2D eigenvalue weighted by Gasteiger charge is 2.13. The van der Waals surface area contributed by atoms with Crippen molar-refractivity contribution in [1.82, 2.24) is 10.3 Å². The zero-order valence-electron chi connectivity index (χ0n) is 10.5. The number of nitrogens with one attached hydrogen (secondary N) is 2. The van der Waals surface area contributed by atoms with E-state index in [0.29, 0.717) is 12.1 Å². The summed E-state index contributed by atoms with van der Waals surface area (Å²) in [5.41, 5.74) is 1.80. The Hall–Kier alpha value is -1.77. The van der Waals surface area contributed by atoms with E-state index in [1.54, 1.807) is 0 Å². The van der Waals surface area contributed by atoms with Crippen LogP contribution in [0.3, 0.4) is 0 Å². The average Bonchev–Trinajstić information content (AvgIpc) is 2.71. The first-order chi connectivity index (χ1) is 7.96. The monoisotopic (exact) mass is 230 g/mol. The molecule has 1 heterocycles. The predicted octanol–water partition coefficient (Wildman–Crippen LogP) is 2.94. The van der Waals surface area contributed by atoms with Crippen LogP contribution in [0.25, 0.3) is 10.9 Å². The number of aromatic nitrogens is 1. The molecule has 1 aromatic carbocycles. The summed E-state index contributed by atoms with van der Waals surface area (Å²) in [6, 6.07) is 7.69. The van der Waals surface area contributed by atoms with Gasteiger partial charge in [0.2, 0.25) is 0 Å². The first-order valence-corrected chi connectivity index (χ1v) is 5.81. The molecule has 0 atom stereocenters. The summed E-state index contributed by atoms with van der Waals surface area (Å²) in [4.78, 5) is 15.0. The minimum atomic E-state index is -0.0172. The highest BCUT2D eigenvalue weighted by molar-refractivity contribution is 5.97. The molecular formula is C14H18N2O. The molecule has 2 aromatic rings. The van der Waals surface area contributed by atoms with Crippen molar-refractivity contribution < 1.29 is 4.79 Å². The van der Waals surface area contributed by atoms with Crippen molar-refractivity contribution in [1.29, 1.82) is 0 Å². The second-order valence-electron chi connectivity index (χ2n) is 5.52. The third-order valence-electron chi connectivity index (χ3n) is 2.60. The molecule has 1 aromatic heterocycles. The van der Waals surface area contributed by atoms with Gasteiger partial charge in [-0.15, -0.1) is 0 Å². The maximum Gasteiger partial charge on any atom is 0.251 e. The van der Waals surface area contributed by atoms with Gasteiger partial charge in [0.15, 0.2) is 0 Å². The molecular weight excluding hydrogens is 212 g/mol. The van der Waals surface area contributed by atoms with Crippen LogP contribution in [-0.2, 0) is 0 Å². The van der Waals surface area contributed by atoms with E-state index in [0.717, 1.165) is 10.9 Å². The molecule has 0 saturated carbocycles. The number of carbonyl (C=O) groups is 1. The Morgan fingerprint density at radius 3 is 2.76 bits per heavy atom. The minimum Gasteiger partial charge on any atom is -0.361 e. The Labute approximate surface area is 101 Å².